The Morgan fingerprint density at radius 3 is 2.31 bits per heavy atom. The van der Waals surface area contributed by atoms with Gasteiger partial charge in [-0.2, -0.15) is 4.31 Å². The Labute approximate surface area is 194 Å². The molecule has 0 aliphatic carbocycles. The van der Waals surface area contributed by atoms with Crippen molar-refractivity contribution in [3.05, 3.63) is 52.9 Å². The van der Waals surface area contributed by atoms with Crippen LogP contribution < -0.4 is 10.0 Å². The summed E-state index contributed by atoms with van der Waals surface area (Å²) in [6.07, 6.45) is 0.898. The lowest BCUT2D eigenvalue weighted by molar-refractivity contribution is -0.126. The van der Waals surface area contributed by atoms with E-state index < -0.39 is 20.0 Å². The summed E-state index contributed by atoms with van der Waals surface area (Å²) in [5, 5.41) is 4.63. The Morgan fingerprint density at radius 1 is 1.06 bits per heavy atom. The molecule has 3 rings (SSSR count). The van der Waals surface area contributed by atoms with Crippen molar-refractivity contribution in [2.75, 3.05) is 13.1 Å². The van der Waals surface area contributed by atoms with Gasteiger partial charge in [-0.3, -0.25) is 4.79 Å². The number of benzene rings is 1. The number of hydrogen-bond donors (Lipinski definition) is 2. The maximum Gasteiger partial charge on any atom is 0.252 e. The van der Waals surface area contributed by atoms with Crippen molar-refractivity contribution in [3.8, 4) is 0 Å². The van der Waals surface area contributed by atoms with E-state index in [0.717, 1.165) is 5.56 Å². The second kappa shape index (κ2) is 10.4. The summed E-state index contributed by atoms with van der Waals surface area (Å²) in [6.45, 7) is 4.35. The molecule has 2 N–H and O–H groups in total. The van der Waals surface area contributed by atoms with Gasteiger partial charge in [0.25, 0.3) is 10.0 Å². The van der Waals surface area contributed by atoms with Gasteiger partial charge in [-0.1, -0.05) is 30.3 Å². The number of carbonyl (C=O) groups is 1. The van der Waals surface area contributed by atoms with Crippen molar-refractivity contribution < 1.29 is 21.6 Å². The Bertz CT molecular complexity index is 1120. The molecule has 8 nitrogen and oxygen atoms in total. The molecule has 0 spiro atoms. The second-order valence-corrected chi connectivity index (χ2v) is 13.0. The molecule has 1 saturated heterocycles. The molecule has 0 saturated carbocycles. The zero-order valence-electron chi connectivity index (χ0n) is 18.2. The Hall–Kier alpha value is -1.79. The highest BCUT2D eigenvalue weighted by Crippen LogP contribution is 2.26. The molecule has 0 radical (unpaired) electrons. The molecule has 1 fully saturated rings. The summed E-state index contributed by atoms with van der Waals surface area (Å²) in [4.78, 5) is 12.7. The van der Waals surface area contributed by atoms with Gasteiger partial charge in [0.1, 0.15) is 4.21 Å². The highest BCUT2D eigenvalue weighted by atomic mass is 32.2. The van der Waals surface area contributed by atoms with Crippen molar-refractivity contribution in [2.24, 2.45) is 5.92 Å². The minimum absolute atomic E-state index is 0.142. The highest BCUT2D eigenvalue weighted by Gasteiger charge is 2.32. The summed E-state index contributed by atoms with van der Waals surface area (Å²) < 4.78 is 54.2. The van der Waals surface area contributed by atoms with Crippen LogP contribution in [0.1, 0.15) is 37.8 Å². The Balaban J connectivity index is 1.56. The van der Waals surface area contributed by atoms with Crippen LogP contribution >= 0.6 is 11.3 Å². The van der Waals surface area contributed by atoms with Gasteiger partial charge >= 0.3 is 0 Å². The lowest BCUT2D eigenvalue weighted by Gasteiger charge is -2.30. The number of thiophene rings is 1. The fourth-order valence-corrected chi connectivity index (χ4v) is 7.81. The molecule has 2 aromatic rings. The predicted octanol–water partition coefficient (Wildman–Crippen LogP) is 2.29. The van der Waals surface area contributed by atoms with E-state index in [1.807, 2.05) is 0 Å². The van der Waals surface area contributed by atoms with Crippen LogP contribution in [-0.4, -0.2) is 46.2 Å². The molecule has 1 aromatic carbocycles. The number of piperidine rings is 1. The van der Waals surface area contributed by atoms with Crippen LogP contribution in [-0.2, 0) is 37.1 Å². The van der Waals surface area contributed by atoms with E-state index in [1.54, 1.807) is 55.6 Å². The molecule has 32 heavy (non-hydrogen) atoms. The fourth-order valence-electron chi connectivity index (χ4n) is 3.70. The quantitative estimate of drug-likeness (QED) is 0.550. The van der Waals surface area contributed by atoms with Crippen molar-refractivity contribution in [1.29, 1.82) is 0 Å². The summed E-state index contributed by atoms with van der Waals surface area (Å²) in [6, 6.07) is 10.2. The van der Waals surface area contributed by atoms with Gasteiger partial charge in [0.05, 0.1) is 5.75 Å². The van der Waals surface area contributed by atoms with E-state index in [-0.39, 0.29) is 30.2 Å². The van der Waals surface area contributed by atoms with Crippen molar-refractivity contribution >= 4 is 37.3 Å². The molecule has 0 bridgehead atoms. The molecule has 0 atom stereocenters. The Kier molecular flexibility index (Phi) is 8.10. The van der Waals surface area contributed by atoms with Crippen molar-refractivity contribution in [2.45, 2.75) is 49.2 Å². The second-order valence-electron chi connectivity index (χ2n) is 8.13. The first-order valence-electron chi connectivity index (χ1n) is 10.5. The maximum atomic E-state index is 12.7. The lowest BCUT2D eigenvalue weighted by atomic mass is 9.97. The predicted molar refractivity (Wildman–Crippen MR) is 125 cm³/mol. The summed E-state index contributed by atoms with van der Waals surface area (Å²) in [5.41, 5.74) is 1.38. The maximum absolute atomic E-state index is 12.7. The molecule has 0 unspecified atom stereocenters. The van der Waals surface area contributed by atoms with Gasteiger partial charge in [0, 0.05) is 31.6 Å². The lowest BCUT2D eigenvalue weighted by Crippen LogP contribution is -2.42. The monoisotopic (exact) mass is 499 g/mol. The van der Waals surface area contributed by atoms with Crippen LogP contribution in [0.3, 0.4) is 0 Å². The normalized spacial score (nSPS) is 16.3. The van der Waals surface area contributed by atoms with Crippen LogP contribution in [0, 0.1) is 5.92 Å². The molecular formula is C21H29N3O5S3. The third kappa shape index (κ3) is 6.38. The van der Waals surface area contributed by atoms with E-state index in [4.69, 9.17) is 0 Å². The number of sulfonamides is 2. The molecule has 176 valence electrons. The SMILES string of the molecule is CC(C)NS(=O)(=O)Cc1ccccc1CNC(=O)C1CCN(S(=O)(=O)c2cccs2)CC1. The van der Waals surface area contributed by atoms with Crippen LogP contribution in [0.15, 0.2) is 46.0 Å². The number of carbonyl (C=O) groups excluding carboxylic acids is 1. The van der Waals surface area contributed by atoms with Gasteiger partial charge in [0.2, 0.25) is 15.9 Å². The zero-order valence-corrected chi connectivity index (χ0v) is 20.6. The average Bonchev–Trinajstić information content (AvgIpc) is 3.27. The van der Waals surface area contributed by atoms with Crippen LogP contribution in [0.25, 0.3) is 0 Å². The number of nitrogens with zero attached hydrogens (tertiary/aromatic N) is 1. The molecule has 1 aliphatic rings. The van der Waals surface area contributed by atoms with Crippen LogP contribution in [0.5, 0.6) is 0 Å². The highest BCUT2D eigenvalue weighted by molar-refractivity contribution is 7.91. The van der Waals surface area contributed by atoms with E-state index in [1.165, 1.54) is 15.6 Å². The summed E-state index contributed by atoms with van der Waals surface area (Å²) in [7, 11) is -6.98. The number of nitrogens with one attached hydrogen (secondary N) is 2. The first-order chi connectivity index (χ1) is 15.1. The molecular weight excluding hydrogens is 470 g/mol. The first-order valence-corrected chi connectivity index (χ1v) is 14.4. The first kappa shape index (κ1) is 24.8. The van der Waals surface area contributed by atoms with Crippen LogP contribution in [0.2, 0.25) is 0 Å². The van der Waals surface area contributed by atoms with Gasteiger partial charge in [-0.15, -0.1) is 11.3 Å². The number of amides is 1. The summed E-state index contributed by atoms with van der Waals surface area (Å²) >= 11 is 1.19. The minimum Gasteiger partial charge on any atom is -0.352 e. The van der Waals surface area contributed by atoms with Crippen molar-refractivity contribution in [3.63, 3.8) is 0 Å². The van der Waals surface area contributed by atoms with Gasteiger partial charge < -0.3 is 5.32 Å². The van der Waals surface area contributed by atoms with Crippen molar-refractivity contribution in [1.82, 2.24) is 14.3 Å². The number of rotatable bonds is 9. The largest absolute Gasteiger partial charge is 0.352 e. The van der Waals surface area contributed by atoms with E-state index >= 15 is 0 Å². The fraction of sp³-hybridized carbons (Fsp3) is 0.476. The topological polar surface area (TPSA) is 113 Å². The van der Waals surface area contributed by atoms with E-state index in [0.29, 0.717) is 35.7 Å². The van der Waals surface area contributed by atoms with Gasteiger partial charge in [0.15, 0.2) is 0 Å². The smallest absolute Gasteiger partial charge is 0.252 e. The van der Waals surface area contributed by atoms with Gasteiger partial charge in [-0.05, 0) is 49.3 Å². The Morgan fingerprint density at radius 2 is 1.72 bits per heavy atom. The number of hydrogen-bond acceptors (Lipinski definition) is 6. The molecule has 1 amide bonds. The molecule has 2 heterocycles. The standard InChI is InChI=1S/C21H29N3O5S3/c1-16(2)23-31(26,27)15-19-7-4-3-6-18(19)14-22-21(25)17-9-11-24(12-10-17)32(28,29)20-8-5-13-30-20/h3-8,13,16-17,23H,9-12,14-15H2,1-2H3,(H,22,25). The van der Waals surface area contributed by atoms with Gasteiger partial charge in [-0.25, -0.2) is 21.6 Å². The molecule has 1 aromatic heterocycles. The van der Waals surface area contributed by atoms with E-state index in [9.17, 15) is 21.6 Å². The molecule has 11 heteroatoms. The van der Waals surface area contributed by atoms with Crippen LogP contribution in [0.4, 0.5) is 0 Å². The average molecular weight is 500 g/mol. The summed E-state index contributed by atoms with van der Waals surface area (Å²) in [5.74, 6) is -0.574. The third-order valence-electron chi connectivity index (χ3n) is 5.25. The minimum atomic E-state index is -3.50. The third-order valence-corrected chi connectivity index (χ3v) is 10.0. The molecule has 1 aliphatic heterocycles. The zero-order chi connectivity index (χ0) is 23.4. The van der Waals surface area contributed by atoms with E-state index in [2.05, 4.69) is 10.0 Å².